The molecule has 0 aliphatic heterocycles. The molecule has 0 unspecified atom stereocenters. The first kappa shape index (κ1) is 29.3. The first-order valence-corrected chi connectivity index (χ1v) is 15.2. The topological polar surface area (TPSA) is 110 Å². The summed E-state index contributed by atoms with van der Waals surface area (Å²) in [5, 5.41) is 15.5. The van der Waals surface area contributed by atoms with Crippen molar-refractivity contribution in [1.29, 1.82) is 0 Å². The number of hydrogen-bond donors (Lipinski definition) is 4. The van der Waals surface area contributed by atoms with E-state index in [1.807, 2.05) is 62.9 Å². The van der Waals surface area contributed by atoms with Gasteiger partial charge in [-0.1, -0.05) is 36.4 Å². The summed E-state index contributed by atoms with van der Waals surface area (Å²) in [6.45, 7) is 3.04. The Bertz CT molecular complexity index is 2120. The molecule has 0 saturated heterocycles. The Hall–Kier alpha value is -5.45. The zero-order valence-corrected chi connectivity index (χ0v) is 25.7. The van der Waals surface area contributed by atoms with Gasteiger partial charge in [0.2, 0.25) is 0 Å². The van der Waals surface area contributed by atoms with Crippen molar-refractivity contribution in [3.63, 3.8) is 0 Å². The normalized spacial score (nSPS) is 11.6. The van der Waals surface area contributed by atoms with Crippen LogP contribution in [-0.4, -0.2) is 62.2 Å². The molecule has 0 spiro atoms. The van der Waals surface area contributed by atoms with Crippen LogP contribution in [-0.2, 0) is 13.1 Å². The minimum atomic E-state index is -0.314. The van der Waals surface area contributed by atoms with E-state index in [9.17, 15) is 4.39 Å². The highest BCUT2D eigenvalue weighted by Gasteiger charge is 2.17. The first-order chi connectivity index (χ1) is 22.5. The molecule has 0 aliphatic rings. The van der Waals surface area contributed by atoms with E-state index in [0.717, 1.165) is 63.0 Å². The summed E-state index contributed by atoms with van der Waals surface area (Å²) in [6.07, 6.45) is 5.47. The molecule has 46 heavy (non-hydrogen) atoms. The number of fused-ring (bicyclic) bond motifs is 2. The predicted molar refractivity (Wildman–Crippen MR) is 182 cm³/mol. The van der Waals surface area contributed by atoms with E-state index >= 15 is 0 Å². The van der Waals surface area contributed by atoms with E-state index < -0.39 is 0 Å². The third-order valence-electron chi connectivity index (χ3n) is 7.91. The molecule has 0 atom stereocenters. The maximum absolute atomic E-state index is 14.7. The largest absolute Gasteiger partial charge is 0.384 e. The van der Waals surface area contributed by atoms with Crippen LogP contribution >= 0.6 is 0 Å². The Balaban J connectivity index is 1.17. The van der Waals surface area contributed by atoms with Crippen LogP contribution in [0.1, 0.15) is 11.1 Å². The molecule has 0 amide bonds. The molecule has 0 bridgehead atoms. The first-order valence-electron chi connectivity index (χ1n) is 15.2. The molecule has 3 aromatic carbocycles. The molecular weight excluding hydrogens is 577 g/mol. The molecule has 0 aliphatic carbocycles. The van der Waals surface area contributed by atoms with Crippen LogP contribution in [0.4, 0.5) is 10.1 Å². The molecule has 4 heterocycles. The van der Waals surface area contributed by atoms with Crippen molar-refractivity contribution in [2.75, 3.05) is 32.5 Å². The van der Waals surface area contributed by atoms with E-state index in [2.05, 4.69) is 71.0 Å². The quantitative estimate of drug-likeness (QED) is 0.130. The molecule has 7 aromatic rings. The second-order valence-corrected chi connectivity index (χ2v) is 11.6. The molecule has 230 valence electrons. The van der Waals surface area contributed by atoms with Crippen LogP contribution < -0.4 is 10.6 Å². The number of imidazole rings is 1. The summed E-state index contributed by atoms with van der Waals surface area (Å²) in [6, 6.07) is 25.6. The SMILES string of the molecule is CN(C)CCNc1cc(F)cc(-c2ccnc3nc(-c4n[nH]c5ccc(-c6cncc(CNCc7ccccc7)c6)cc45)[nH]c23)c1. The third kappa shape index (κ3) is 6.35. The van der Waals surface area contributed by atoms with E-state index in [-0.39, 0.29) is 5.82 Å². The van der Waals surface area contributed by atoms with Gasteiger partial charge < -0.3 is 20.5 Å². The number of halogens is 1. The number of aromatic nitrogens is 6. The summed E-state index contributed by atoms with van der Waals surface area (Å²) < 4.78 is 14.7. The van der Waals surface area contributed by atoms with Gasteiger partial charge >= 0.3 is 0 Å². The van der Waals surface area contributed by atoms with Gasteiger partial charge in [0.1, 0.15) is 11.5 Å². The van der Waals surface area contributed by atoms with Gasteiger partial charge in [-0.2, -0.15) is 5.10 Å². The molecule has 10 heteroatoms. The van der Waals surface area contributed by atoms with Crippen LogP contribution in [0.5, 0.6) is 0 Å². The second-order valence-electron chi connectivity index (χ2n) is 11.6. The summed E-state index contributed by atoms with van der Waals surface area (Å²) in [5.41, 5.74) is 9.46. The average Bonchev–Trinajstić information content (AvgIpc) is 3.69. The number of likely N-dealkylation sites (N-methyl/N-ethyl adjacent to an activating group) is 1. The average molecular weight is 612 g/mol. The predicted octanol–water partition coefficient (Wildman–Crippen LogP) is 6.63. The Morgan fingerprint density at radius 2 is 1.72 bits per heavy atom. The van der Waals surface area contributed by atoms with E-state index in [1.165, 1.54) is 17.7 Å². The number of nitrogens with zero attached hydrogens (tertiary/aromatic N) is 5. The van der Waals surface area contributed by atoms with Crippen molar-refractivity contribution >= 4 is 27.8 Å². The van der Waals surface area contributed by atoms with Gasteiger partial charge in [-0.3, -0.25) is 10.1 Å². The smallest absolute Gasteiger partial charge is 0.178 e. The molecule has 0 fully saturated rings. The maximum atomic E-state index is 14.7. The number of benzene rings is 3. The Morgan fingerprint density at radius 1 is 0.848 bits per heavy atom. The Morgan fingerprint density at radius 3 is 2.59 bits per heavy atom. The fourth-order valence-corrected chi connectivity index (χ4v) is 5.60. The standard InChI is InChI=1S/C36H34FN9/c1-46(2)13-12-40-29-16-26(15-28(37)18-29)30-10-11-41-35-33(30)42-36(43-35)34-31-17-25(8-9-32(31)44-45-34)27-14-24(21-39-22-27)20-38-19-23-6-4-3-5-7-23/h3-11,14-18,21-22,38,40H,12-13,19-20H2,1-2H3,(H,44,45)(H,41,42,43). The summed E-state index contributed by atoms with van der Waals surface area (Å²) >= 11 is 0. The lowest BCUT2D eigenvalue weighted by atomic mass is 10.0. The monoisotopic (exact) mass is 611 g/mol. The number of anilines is 1. The summed E-state index contributed by atoms with van der Waals surface area (Å²) in [7, 11) is 4.01. The summed E-state index contributed by atoms with van der Waals surface area (Å²) in [4.78, 5) is 19.3. The lowest BCUT2D eigenvalue weighted by molar-refractivity contribution is 0.425. The molecular formula is C36H34FN9. The molecule has 0 radical (unpaired) electrons. The number of pyridine rings is 2. The number of rotatable bonds is 11. The Labute approximate surface area is 266 Å². The van der Waals surface area contributed by atoms with Crippen LogP contribution in [0.25, 0.3) is 55.8 Å². The van der Waals surface area contributed by atoms with Gasteiger partial charge in [0.25, 0.3) is 0 Å². The number of nitrogens with one attached hydrogen (secondary N) is 4. The van der Waals surface area contributed by atoms with Gasteiger partial charge in [0.05, 0.1) is 11.0 Å². The zero-order valence-electron chi connectivity index (χ0n) is 25.7. The van der Waals surface area contributed by atoms with Gasteiger partial charge in [-0.25, -0.2) is 14.4 Å². The second kappa shape index (κ2) is 12.9. The van der Waals surface area contributed by atoms with Gasteiger partial charge in [-0.05, 0) is 78.8 Å². The highest BCUT2D eigenvalue weighted by molar-refractivity contribution is 5.97. The highest BCUT2D eigenvalue weighted by atomic mass is 19.1. The van der Waals surface area contributed by atoms with Gasteiger partial charge in [0.15, 0.2) is 11.5 Å². The minimum absolute atomic E-state index is 0.314. The fraction of sp³-hybridized carbons (Fsp3) is 0.167. The fourth-order valence-electron chi connectivity index (χ4n) is 5.60. The number of H-pyrrole nitrogens is 2. The zero-order chi connectivity index (χ0) is 31.5. The van der Waals surface area contributed by atoms with Crippen LogP contribution in [0.3, 0.4) is 0 Å². The van der Waals surface area contributed by atoms with Gasteiger partial charge in [0, 0.05) is 67.0 Å². The van der Waals surface area contributed by atoms with Gasteiger partial charge in [-0.15, -0.1) is 0 Å². The van der Waals surface area contributed by atoms with Crippen molar-refractivity contribution in [1.82, 2.24) is 40.3 Å². The van der Waals surface area contributed by atoms with Crippen molar-refractivity contribution in [3.05, 3.63) is 114 Å². The number of hydrogen-bond acceptors (Lipinski definition) is 7. The lowest BCUT2D eigenvalue weighted by Crippen LogP contribution is -2.20. The molecule has 4 N–H and O–H groups in total. The minimum Gasteiger partial charge on any atom is -0.384 e. The molecule has 7 rings (SSSR count). The van der Waals surface area contributed by atoms with Crippen molar-refractivity contribution in [2.45, 2.75) is 13.1 Å². The van der Waals surface area contributed by atoms with E-state index in [0.29, 0.717) is 30.3 Å². The van der Waals surface area contributed by atoms with E-state index in [4.69, 9.17) is 4.98 Å². The van der Waals surface area contributed by atoms with Crippen LogP contribution in [0.15, 0.2) is 97.5 Å². The molecule has 0 saturated carbocycles. The van der Waals surface area contributed by atoms with Crippen LogP contribution in [0, 0.1) is 5.82 Å². The van der Waals surface area contributed by atoms with Crippen LogP contribution in [0.2, 0.25) is 0 Å². The third-order valence-corrected chi connectivity index (χ3v) is 7.91. The summed E-state index contributed by atoms with van der Waals surface area (Å²) in [5.74, 6) is 0.266. The maximum Gasteiger partial charge on any atom is 0.178 e. The molecule has 4 aromatic heterocycles. The number of aromatic amines is 2. The van der Waals surface area contributed by atoms with Crippen molar-refractivity contribution in [3.8, 4) is 33.8 Å². The Kier molecular flexibility index (Phi) is 8.20. The van der Waals surface area contributed by atoms with E-state index in [1.54, 1.807) is 6.20 Å². The highest BCUT2D eigenvalue weighted by Crippen LogP contribution is 2.33. The van der Waals surface area contributed by atoms with Crippen molar-refractivity contribution < 1.29 is 4.39 Å². The lowest BCUT2D eigenvalue weighted by Gasteiger charge is -2.13. The molecule has 9 nitrogen and oxygen atoms in total. The van der Waals surface area contributed by atoms with Crippen molar-refractivity contribution in [2.24, 2.45) is 0 Å².